The molecule has 23 heavy (non-hydrogen) atoms. The maximum absolute atomic E-state index is 13.0. The third kappa shape index (κ3) is 3.17. The molecule has 0 saturated heterocycles. The lowest BCUT2D eigenvalue weighted by molar-refractivity contribution is 0.0950. The summed E-state index contributed by atoms with van der Waals surface area (Å²) in [5, 5.41) is 9.16. The van der Waals surface area contributed by atoms with Crippen molar-refractivity contribution in [3.63, 3.8) is 0 Å². The van der Waals surface area contributed by atoms with Crippen molar-refractivity contribution in [2.24, 2.45) is 0 Å². The number of rotatable bonds is 4. The number of halogens is 1. The first-order valence-electron chi connectivity index (χ1n) is 7.18. The van der Waals surface area contributed by atoms with E-state index in [2.05, 4.69) is 10.4 Å². The molecule has 1 aromatic carbocycles. The van der Waals surface area contributed by atoms with Crippen LogP contribution in [0.15, 0.2) is 41.9 Å². The van der Waals surface area contributed by atoms with Gasteiger partial charge in [-0.2, -0.15) is 5.10 Å². The molecular weight excluding hydrogens is 313 g/mol. The van der Waals surface area contributed by atoms with E-state index in [0.29, 0.717) is 12.1 Å². The van der Waals surface area contributed by atoms with Gasteiger partial charge in [-0.05, 0) is 55.1 Å². The number of carbonyl (C=O) groups excluding carboxylic acids is 1. The highest BCUT2D eigenvalue weighted by Gasteiger charge is 2.15. The van der Waals surface area contributed by atoms with E-state index >= 15 is 0 Å². The lowest BCUT2D eigenvalue weighted by Crippen LogP contribution is -2.23. The molecule has 0 radical (unpaired) electrons. The molecule has 0 fully saturated rings. The van der Waals surface area contributed by atoms with E-state index in [1.54, 1.807) is 28.2 Å². The lowest BCUT2D eigenvalue weighted by atomic mass is 10.2. The van der Waals surface area contributed by atoms with Gasteiger partial charge in [0.1, 0.15) is 5.82 Å². The van der Waals surface area contributed by atoms with Gasteiger partial charge in [-0.25, -0.2) is 9.07 Å². The lowest BCUT2D eigenvalue weighted by Gasteiger charge is -2.06. The van der Waals surface area contributed by atoms with Crippen LogP contribution in [0.25, 0.3) is 5.69 Å². The summed E-state index contributed by atoms with van der Waals surface area (Å²) in [5.74, 6) is -0.466. The molecular formula is C17H16FN3OS. The SMILES string of the molecule is Cc1ccsc1CNC(=O)c1cnn(-c2ccc(F)cc2)c1C. The van der Waals surface area contributed by atoms with E-state index in [4.69, 9.17) is 0 Å². The molecule has 6 heteroatoms. The number of nitrogens with one attached hydrogen (secondary N) is 1. The fourth-order valence-electron chi connectivity index (χ4n) is 2.32. The Kier molecular flexibility index (Phi) is 4.25. The number of nitrogens with zero attached hydrogens (tertiary/aromatic N) is 2. The average molecular weight is 329 g/mol. The zero-order valence-corrected chi connectivity index (χ0v) is 13.7. The fraction of sp³-hybridized carbons (Fsp3) is 0.176. The minimum Gasteiger partial charge on any atom is -0.347 e. The molecule has 0 atom stereocenters. The van der Waals surface area contributed by atoms with E-state index in [-0.39, 0.29) is 11.7 Å². The molecule has 118 valence electrons. The molecule has 3 rings (SSSR count). The third-order valence-electron chi connectivity index (χ3n) is 3.70. The molecule has 2 aromatic heterocycles. The summed E-state index contributed by atoms with van der Waals surface area (Å²) in [7, 11) is 0. The van der Waals surface area contributed by atoms with Crippen molar-refractivity contribution in [2.75, 3.05) is 0 Å². The Balaban J connectivity index is 1.77. The Morgan fingerprint density at radius 3 is 2.65 bits per heavy atom. The normalized spacial score (nSPS) is 10.7. The van der Waals surface area contributed by atoms with Crippen molar-refractivity contribution in [2.45, 2.75) is 20.4 Å². The van der Waals surface area contributed by atoms with E-state index in [9.17, 15) is 9.18 Å². The summed E-state index contributed by atoms with van der Waals surface area (Å²) < 4.78 is 14.6. The number of benzene rings is 1. The van der Waals surface area contributed by atoms with E-state index < -0.39 is 0 Å². The van der Waals surface area contributed by atoms with Gasteiger partial charge in [-0.1, -0.05) is 0 Å². The van der Waals surface area contributed by atoms with Gasteiger partial charge in [0.2, 0.25) is 0 Å². The Bertz CT molecular complexity index is 836. The maximum atomic E-state index is 13.0. The van der Waals surface area contributed by atoms with Crippen LogP contribution in [0.3, 0.4) is 0 Å². The van der Waals surface area contributed by atoms with Crippen molar-refractivity contribution in [3.05, 3.63) is 69.4 Å². The van der Waals surface area contributed by atoms with E-state index in [1.807, 2.05) is 25.3 Å². The fourth-order valence-corrected chi connectivity index (χ4v) is 3.16. The van der Waals surface area contributed by atoms with Gasteiger partial charge >= 0.3 is 0 Å². The highest BCUT2D eigenvalue weighted by Crippen LogP contribution is 2.17. The number of hydrogen-bond donors (Lipinski definition) is 1. The van der Waals surface area contributed by atoms with Crippen molar-refractivity contribution < 1.29 is 9.18 Å². The van der Waals surface area contributed by atoms with Crippen LogP contribution in [0, 0.1) is 19.7 Å². The van der Waals surface area contributed by atoms with Crippen LogP contribution >= 0.6 is 11.3 Å². The van der Waals surface area contributed by atoms with Gasteiger partial charge in [-0.15, -0.1) is 11.3 Å². The summed E-state index contributed by atoms with van der Waals surface area (Å²) in [6.07, 6.45) is 1.54. The van der Waals surface area contributed by atoms with Gasteiger partial charge in [0, 0.05) is 4.88 Å². The monoisotopic (exact) mass is 329 g/mol. The summed E-state index contributed by atoms with van der Waals surface area (Å²) in [4.78, 5) is 13.5. The number of amides is 1. The van der Waals surface area contributed by atoms with Crippen molar-refractivity contribution in [1.82, 2.24) is 15.1 Å². The number of thiophene rings is 1. The van der Waals surface area contributed by atoms with Crippen LogP contribution in [0.5, 0.6) is 0 Å². The molecule has 0 unspecified atom stereocenters. The zero-order valence-electron chi connectivity index (χ0n) is 12.8. The van der Waals surface area contributed by atoms with Crippen molar-refractivity contribution in [3.8, 4) is 5.69 Å². The van der Waals surface area contributed by atoms with Crippen molar-refractivity contribution >= 4 is 17.2 Å². The Morgan fingerprint density at radius 2 is 2.00 bits per heavy atom. The maximum Gasteiger partial charge on any atom is 0.255 e. The predicted molar refractivity (Wildman–Crippen MR) is 88.5 cm³/mol. The molecule has 0 spiro atoms. The second-order valence-corrected chi connectivity index (χ2v) is 6.24. The zero-order chi connectivity index (χ0) is 16.4. The number of aryl methyl sites for hydroxylation is 1. The van der Waals surface area contributed by atoms with Crippen LogP contribution in [-0.2, 0) is 6.54 Å². The Labute approximate surface area is 137 Å². The van der Waals surface area contributed by atoms with Gasteiger partial charge in [-0.3, -0.25) is 4.79 Å². The number of carbonyl (C=O) groups is 1. The molecule has 3 aromatic rings. The largest absolute Gasteiger partial charge is 0.347 e. The first-order chi connectivity index (χ1) is 11.1. The molecule has 1 N–H and O–H groups in total. The molecule has 2 heterocycles. The topological polar surface area (TPSA) is 46.9 Å². The summed E-state index contributed by atoms with van der Waals surface area (Å²) >= 11 is 1.62. The second-order valence-electron chi connectivity index (χ2n) is 5.24. The molecule has 4 nitrogen and oxygen atoms in total. The van der Waals surface area contributed by atoms with Gasteiger partial charge in [0.15, 0.2) is 0 Å². The molecule has 0 aliphatic heterocycles. The number of aromatic nitrogens is 2. The quantitative estimate of drug-likeness (QED) is 0.795. The predicted octanol–water partition coefficient (Wildman–Crippen LogP) is 3.62. The van der Waals surface area contributed by atoms with Gasteiger partial charge in [0.25, 0.3) is 5.91 Å². The van der Waals surface area contributed by atoms with Crippen molar-refractivity contribution in [1.29, 1.82) is 0 Å². The molecule has 0 aliphatic rings. The van der Waals surface area contributed by atoms with E-state index in [0.717, 1.165) is 16.3 Å². The molecule has 0 aliphatic carbocycles. The first kappa shape index (κ1) is 15.4. The molecule has 0 bridgehead atoms. The summed E-state index contributed by atoms with van der Waals surface area (Å²) in [6, 6.07) is 8.04. The highest BCUT2D eigenvalue weighted by molar-refractivity contribution is 7.10. The van der Waals surface area contributed by atoms with Crippen LogP contribution in [0.2, 0.25) is 0 Å². The van der Waals surface area contributed by atoms with Crippen LogP contribution in [-0.4, -0.2) is 15.7 Å². The van der Waals surface area contributed by atoms with Crippen LogP contribution in [0.4, 0.5) is 4.39 Å². The second kappa shape index (κ2) is 6.34. The standard InChI is InChI=1S/C17H16FN3OS/c1-11-7-8-23-16(11)10-19-17(22)15-9-20-21(12(15)2)14-5-3-13(18)4-6-14/h3-9H,10H2,1-2H3,(H,19,22). The Hall–Kier alpha value is -2.47. The average Bonchev–Trinajstić information content (AvgIpc) is 3.12. The highest BCUT2D eigenvalue weighted by atomic mass is 32.1. The summed E-state index contributed by atoms with van der Waals surface area (Å²) in [5.41, 5.74) is 3.13. The minimum atomic E-state index is -0.303. The van der Waals surface area contributed by atoms with Crippen LogP contribution in [0.1, 0.15) is 26.5 Å². The summed E-state index contributed by atoms with van der Waals surface area (Å²) in [6.45, 7) is 4.35. The smallest absolute Gasteiger partial charge is 0.255 e. The van der Waals surface area contributed by atoms with Gasteiger partial charge < -0.3 is 5.32 Å². The Morgan fingerprint density at radius 1 is 1.26 bits per heavy atom. The molecule has 1 amide bonds. The minimum absolute atomic E-state index is 0.163. The number of hydrogen-bond acceptors (Lipinski definition) is 3. The first-order valence-corrected chi connectivity index (χ1v) is 8.06. The van der Waals surface area contributed by atoms with E-state index in [1.165, 1.54) is 23.9 Å². The van der Waals surface area contributed by atoms with Crippen LogP contribution < -0.4 is 5.32 Å². The molecule has 0 saturated carbocycles. The third-order valence-corrected chi connectivity index (χ3v) is 4.73. The van der Waals surface area contributed by atoms with Gasteiger partial charge in [0.05, 0.1) is 29.7 Å².